The number of rotatable bonds is 4. The van der Waals surface area contributed by atoms with E-state index in [0.717, 1.165) is 0 Å². The highest BCUT2D eigenvalue weighted by Crippen LogP contribution is 2.27. The standard InChI is InChI=1S/C17H12ClN3O4/c1-25-15-5-3-2-4-10(15)8-13-17(22)20-16(19-13)11-6-7-12(18)14(9-11)21(23)24/h2-9H,1H3,(H,19,20,22). The van der Waals surface area contributed by atoms with Gasteiger partial charge in [-0.25, -0.2) is 4.99 Å². The summed E-state index contributed by atoms with van der Waals surface area (Å²) in [6, 6.07) is 11.4. The van der Waals surface area contributed by atoms with Crippen molar-refractivity contribution < 1.29 is 14.5 Å². The quantitative estimate of drug-likeness (QED) is 0.516. The molecule has 0 saturated carbocycles. The van der Waals surface area contributed by atoms with Crippen LogP contribution >= 0.6 is 11.6 Å². The number of aliphatic imine (C=N–C) groups is 1. The third kappa shape index (κ3) is 3.36. The number of nitrogens with one attached hydrogen (secondary N) is 1. The number of methoxy groups -OCH3 is 1. The van der Waals surface area contributed by atoms with Crippen molar-refractivity contribution in [3.63, 3.8) is 0 Å². The molecule has 0 saturated heterocycles. The normalized spacial score (nSPS) is 15.0. The van der Waals surface area contributed by atoms with Gasteiger partial charge in [-0.05, 0) is 24.3 Å². The molecule has 0 atom stereocenters. The number of carbonyl (C=O) groups excluding carboxylic acids is 1. The number of ether oxygens (including phenoxy) is 1. The molecule has 0 spiro atoms. The maximum absolute atomic E-state index is 12.2. The summed E-state index contributed by atoms with van der Waals surface area (Å²) in [4.78, 5) is 26.8. The van der Waals surface area contributed by atoms with E-state index in [2.05, 4.69) is 10.3 Å². The van der Waals surface area contributed by atoms with Gasteiger partial charge in [0.25, 0.3) is 11.6 Å². The van der Waals surface area contributed by atoms with Crippen LogP contribution in [0.3, 0.4) is 0 Å². The predicted molar refractivity (Wildman–Crippen MR) is 93.8 cm³/mol. The highest BCUT2D eigenvalue weighted by molar-refractivity contribution is 6.33. The van der Waals surface area contributed by atoms with Gasteiger partial charge in [-0.1, -0.05) is 29.8 Å². The van der Waals surface area contributed by atoms with E-state index in [1.807, 2.05) is 12.1 Å². The number of nitro groups is 1. The molecule has 1 aliphatic rings. The molecule has 8 heteroatoms. The van der Waals surface area contributed by atoms with Crippen LogP contribution < -0.4 is 10.1 Å². The fourth-order valence-corrected chi connectivity index (χ4v) is 2.52. The average molecular weight is 358 g/mol. The monoisotopic (exact) mass is 357 g/mol. The van der Waals surface area contributed by atoms with Gasteiger partial charge in [0, 0.05) is 17.2 Å². The Labute approximate surface area is 147 Å². The van der Waals surface area contributed by atoms with Gasteiger partial charge in [0.15, 0.2) is 0 Å². The number of para-hydroxylation sites is 1. The third-order valence-electron chi connectivity index (χ3n) is 3.54. The van der Waals surface area contributed by atoms with Crippen molar-refractivity contribution in [1.29, 1.82) is 0 Å². The van der Waals surface area contributed by atoms with E-state index in [4.69, 9.17) is 16.3 Å². The molecule has 0 aliphatic carbocycles. The molecule has 1 heterocycles. The molecule has 1 aliphatic heterocycles. The van der Waals surface area contributed by atoms with Crippen molar-refractivity contribution in [1.82, 2.24) is 5.32 Å². The van der Waals surface area contributed by atoms with E-state index in [0.29, 0.717) is 16.9 Å². The Hall–Kier alpha value is -3.19. The summed E-state index contributed by atoms with van der Waals surface area (Å²) in [7, 11) is 1.54. The minimum absolute atomic E-state index is 0.0171. The lowest BCUT2D eigenvalue weighted by Crippen LogP contribution is -2.24. The molecule has 0 bridgehead atoms. The number of carbonyl (C=O) groups is 1. The summed E-state index contributed by atoms with van der Waals surface area (Å²) in [5, 5.41) is 13.6. The Balaban J connectivity index is 1.99. The molecule has 0 radical (unpaired) electrons. The molecular weight excluding hydrogens is 346 g/mol. The summed E-state index contributed by atoms with van der Waals surface area (Å²) in [6.07, 6.45) is 1.59. The summed E-state index contributed by atoms with van der Waals surface area (Å²) in [5.74, 6) is 0.429. The molecule has 0 aromatic heterocycles. The summed E-state index contributed by atoms with van der Waals surface area (Å²) >= 11 is 5.80. The lowest BCUT2D eigenvalue weighted by Gasteiger charge is -2.03. The van der Waals surface area contributed by atoms with Crippen LogP contribution in [0.1, 0.15) is 11.1 Å². The van der Waals surface area contributed by atoms with Gasteiger partial charge in [0.1, 0.15) is 22.3 Å². The second kappa shape index (κ2) is 6.74. The number of nitro benzene ring substituents is 1. The van der Waals surface area contributed by atoms with E-state index in [-0.39, 0.29) is 22.2 Å². The first-order chi connectivity index (χ1) is 12.0. The number of amidine groups is 1. The number of halogens is 1. The Morgan fingerprint density at radius 3 is 2.76 bits per heavy atom. The fourth-order valence-electron chi connectivity index (χ4n) is 2.34. The van der Waals surface area contributed by atoms with E-state index >= 15 is 0 Å². The van der Waals surface area contributed by atoms with Crippen LogP contribution in [0.5, 0.6) is 5.75 Å². The second-order valence-corrected chi connectivity index (χ2v) is 5.52. The van der Waals surface area contributed by atoms with Crippen LogP contribution in [0, 0.1) is 10.1 Å². The minimum atomic E-state index is -0.589. The van der Waals surface area contributed by atoms with Crippen molar-refractivity contribution in [2.45, 2.75) is 0 Å². The topological polar surface area (TPSA) is 93.8 Å². The zero-order valence-electron chi connectivity index (χ0n) is 13.0. The molecule has 1 amide bonds. The maximum Gasteiger partial charge on any atom is 0.288 e. The van der Waals surface area contributed by atoms with Crippen LogP contribution in [0.2, 0.25) is 5.02 Å². The first-order valence-corrected chi connectivity index (χ1v) is 7.56. The van der Waals surface area contributed by atoms with Crippen molar-refractivity contribution in [3.05, 3.63) is 74.4 Å². The van der Waals surface area contributed by atoms with Gasteiger partial charge >= 0.3 is 0 Å². The second-order valence-electron chi connectivity index (χ2n) is 5.11. The minimum Gasteiger partial charge on any atom is -0.496 e. The average Bonchev–Trinajstić information content (AvgIpc) is 2.96. The van der Waals surface area contributed by atoms with Gasteiger partial charge in [-0.15, -0.1) is 0 Å². The highest BCUT2D eigenvalue weighted by Gasteiger charge is 2.23. The Bertz CT molecular complexity index is 937. The predicted octanol–water partition coefficient (Wildman–Crippen LogP) is 3.17. The van der Waals surface area contributed by atoms with Crippen LogP contribution in [0.4, 0.5) is 5.69 Å². The van der Waals surface area contributed by atoms with E-state index in [9.17, 15) is 14.9 Å². The number of nitrogens with zero attached hydrogens (tertiary/aromatic N) is 2. The van der Waals surface area contributed by atoms with Crippen LogP contribution in [0.15, 0.2) is 53.2 Å². The maximum atomic E-state index is 12.2. The molecule has 1 N–H and O–H groups in total. The summed E-state index contributed by atoms with van der Waals surface area (Å²) < 4.78 is 5.24. The van der Waals surface area contributed by atoms with E-state index in [1.165, 1.54) is 19.2 Å². The number of hydrogen-bond donors (Lipinski definition) is 1. The van der Waals surface area contributed by atoms with Crippen LogP contribution in [-0.4, -0.2) is 23.8 Å². The smallest absolute Gasteiger partial charge is 0.288 e. The van der Waals surface area contributed by atoms with Crippen LogP contribution in [-0.2, 0) is 4.79 Å². The molecule has 126 valence electrons. The summed E-state index contributed by atoms with van der Waals surface area (Å²) in [6.45, 7) is 0. The number of amides is 1. The third-order valence-corrected chi connectivity index (χ3v) is 3.86. The first-order valence-electron chi connectivity index (χ1n) is 7.18. The Kier molecular flexibility index (Phi) is 4.49. The van der Waals surface area contributed by atoms with Crippen molar-refractivity contribution >= 4 is 35.1 Å². The fraction of sp³-hybridized carbons (Fsp3) is 0.0588. The zero-order valence-corrected chi connectivity index (χ0v) is 13.8. The molecular formula is C17H12ClN3O4. The van der Waals surface area contributed by atoms with Gasteiger partial charge < -0.3 is 10.1 Å². The largest absolute Gasteiger partial charge is 0.496 e. The SMILES string of the molecule is COc1ccccc1C=C1N=C(c2ccc(Cl)c([N+](=O)[O-])c2)NC1=O. The Morgan fingerprint density at radius 1 is 1.28 bits per heavy atom. The van der Waals surface area contributed by atoms with Crippen molar-refractivity contribution in [3.8, 4) is 5.75 Å². The van der Waals surface area contributed by atoms with Crippen molar-refractivity contribution in [2.24, 2.45) is 4.99 Å². The number of benzene rings is 2. The summed E-state index contributed by atoms with van der Waals surface area (Å²) in [5.41, 5.74) is 1.02. The van der Waals surface area contributed by atoms with Crippen molar-refractivity contribution in [2.75, 3.05) is 7.11 Å². The Morgan fingerprint density at radius 2 is 2.04 bits per heavy atom. The zero-order chi connectivity index (χ0) is 18.0. The van der Waals surface area contributed by atoms with Gasteiger partial charge in [0.05, 0.1) is 12.0 Å². The molecule has 7 nitrogen and oxygen atoms in total. The molecule has 2 aromatic carbocycles. The molecule has 3 rings (SSSR count). The van der Waals surface area contributed by atoms with Gasteiger partial charge in [0.2, 0.25) is 0 Å². The lowest BCUT2D eigenvalue weighted by molar-refractivity contribution is -0.384. The highest BCUT2D eigenvalue weighted by atomic mass is 35.5. The first kappa shape index (κ1) is 16.7. The molecule has 2 aromatic rings. The van der Waals surface area contributed by atoms with Gasteiger partial charge in [-0.2, -0.15) is 0 Å². The molecule has 0 fully saturated rings. The lowest BCUT2D eigenvalue weighted by atomic mass is 10.1. The van der Waals surface area contributed by atoms with E-state index in [1.54, 1.807) is 24.3 Å². The molecule has 25 heavy (non-hydrogen) atoms. The van der Waals surface area contributed by atoms with E-state index < -0.39 is 10.8 Å². The molecule has 0 unspecified atom stereocenters. The van der Waals surface area contributed by atoms with Gasteiger partial charge in [-0.3, -0.25) is 14.9 Å². The van der Waals surface area contributed by atoms with Crippen LogP contribution in [0.25, 0.3) is 6.08 Å². The number of hydrogen-bond acceptors (Lipinski definition) is 5.